The Bertz CT molecular complexity index is 1100. The Morgan fingerprint density at radius 2 is 1.71 bits per heavy atom. The summed E-state index contributed by atoms with van der Waals surface area (Å²) in [6.07, 6.45) is 3.73. The van der Waals surface area contributed by atoms with E-state index in [0.717, 1.165) is 11.4 Å². The highest BCUT2D eigenvalue weighted by Crippen LogP contribution is 2.32. The maximum Gasteiger partial charge on any atom is 0.353 e. The lowest BCUT2D eigenvalue weighted by molar-refractivity contribution is -0.383. The molecule has 1 N–H and O–H groups in total. The zero-order chi connectivity index (χ0) is 23.9. The van der Waals surface area contributed by atoms with E-state index >= 15 is 0 Å². The molecule has 0 saturated carbocycles. The van der Waals surface area contributed by atoms with Crippen LogP contribution < -0.4 is 24.6 Å². The molecule has 11 nitrogen and oxygen atoms in total. The maximum absolute atomic E-state index is 12.0. The molecule has 0 radical (unpaired) electrons. The van der Waals surface area contributed by atoms with Crippen LogP contribution >= 0.6 is 0 Å². The van der Waals surface area contributed by atoms with Crippen molar-refractivity contribution in [3.63, 3.8) is 0 Å². The molecule has 3 aromatic rings. The minimum Gasteiger partial charge on any atom is -0.497 e. The van der Waals surface area contributed by atoms with E-state index in [1.54, 1.807) is 26.5 Å². The van der Waals surface area contributed by atoms with Gasteiger partial charge in [0.05, 0.1) is 19.1 Å². The molecular weight excluding hydrogens is 438 g/mol. The van der Waals surface area contributed by atoms with Gasteiger partial charge in [-0.1, -0.05) is 6.07 Å². The number of aromatic nitrogens is 3. The number of nitro groups is 1. The van der Waals surface area contributed by atoms with Crippen LogP contribution in [0.25, 0.3) is 0 Å². The van der Waals surface area contributed by atoms with Crippen molar-refractivity contribution in [2.75, 3.05) is 62.1 Å². The summed E-state index contributed by atoms with van der Waals surface area (Å²) in [5, 5.41) is 15.1. The number of benzene rings is 1. The molecule has 1 aromatic carbocycles. The highest BCUT2D eigenvalue weighted by atomic mass is 16.6. The summed E-state index contributed by atoms with van der Waals surface area (Å²) < 4.78 is 10.6. The second kappa shape index (κ2) is 10.6. The van der Waals surface area contributed by atoms with Gasteiger partial charge in [-0.15, -0.1) is 0 Å². The Kier molecular flexibility index (Phi) is 7.21. The summed E-state index contributed by atoms with van der Waals surface area (Å²) in [4.78, 5) is 28.4. The van der Waals surface area contributed by atoms with Crippen molar-refractivity contribution in [3.05, 3.63) is 64.6 Å². The second-order valence-electron chi connectivity index (χ2n) is 7.71. The largest absolute Gasteiger partial charge is 0.497 e. The predicted octanol–water partition coefficient (Wildman–Crippen LogP) is 2.78. The lowest BCUT2D eigenvalue weighted by Crippen LogP contribution is -2.47. The molecule has 34 heavy (non-hydrogen) atoms. The Morgan fingerprint density at radius 3 is 2.32 bits per heavy atom. The van der Waals surface area contributed by atoms with E-state index in [-0.39, 0.29) is 11.5 Å². The average molecular weight is 466 g/mol. The van der Waals surface area contributed by atoms with Gasteiger partial charge in [0.2, 0.25) is 11.6 Å². The molecule has 1 aliphatic heterocycles. The van der Waals surface area contributed by atoms with E-state index in [2.05, 4.69) is 25.2 Å². The van der Waals surface area contributed by atoms with Crippen molar-refractivity contribution in [2.45, 2.75) is 6.42 Å². The third-order valence-corrected chi connectivity index (χ3v) is 5.66. The Balaban J connectivity index is 1.45. The molecule has 0 bridgehead atoms. The van der Waals surface area contributed by atoms with Crippen molar-refractivity contribution in [1.29, 1.82) is 0 Å². The summed E-state index contributed by atoms with van der Waals surface area (Å²) in [6.45, 7) is 3.02. The van der Waals surface area contributed by atoms with Gasteiger partial charge in [-0.2, -0.15) is 0 Å². The lowest BCUT2D eigenvalue weighted by Gasteiger charge is -2.35. The van der Waals surface area contributed by atoms with Gasteiger partial charge in [0, 0.05) is 45.0 Å². The molecule has 1 fully saturated rings. The fraction of sp³-hybridized carbons (Fsp3) is 0.348. The number of hydrogen-bond acceptors (Lipinski definition) is 10. The van der Waals surface area contributed by atoms with E-state index in [1.807, 2.05) is 35.2 Å². The van der Waals surface area contributed by atoms with Crippen LogP contribution in [0, 0.1) is 10.1 Å². The van der Waals surface area contributed by atoms with Gasteiger partial charge in [-0.3, -0.25) is 10.1 Å². The summed E-state index contributed by atoms with van der Waals surface area (Å²) in [6, 6.07) is 11.4. The van der Waals surface area contributed by atoms with E-state index in [4.69, 9.17) is 9.47 Å². The van der Waals surface area contributed by atoms with Gasteiger partial charge in [0.25, 0.3) is 0 Å². The van der Waals surface area contributed by atoms with Gasteiger partial charge >= 0.3 is 5.69 Å². The smallest absolute Gasteiger partial charge is 0.353 e. The zero-order valence-corrected chi connectivity index (χ0v) is 19.2. The van der Waals surface area contributed by atoms with Crippen LogP contribution in [0.5, 0.6) is 11.5 Å². The van der Waals surface area contributed by atoms with Crippen LogP contribution in [0.15, 0.2) is 48.9 Å². The Hall–Kier alpha value is -4.15. The number of anilines is 3. The highest BCUT2D eigenvalue weighted by molar-refractivity contribution is 5.70. The molecule has 1 aliphatic rings. The third-order valence-electron chi connectivity index (χ3n) is 5.66. The molecule has 0 spiro atoms. The normalized spacial score (nSPS) is 13.5. The van der Waals surface area contributed by atoms with E-state index in [9.17, 15) is 10.1 Å². The van der Waals surface area contributed by atoms with Crippen LogP contribution in [-0.2, 0) is 6.42 Å². The molecule has 178 valence electrons. The first-order valence-corrected chi connectivity index (χ1v) is 10.9. The van der Waals surface area contributed by atoms with Gasteiger partial charge < -0.3 is 24.6 Å². The number of nitrogens with zero attached hydrogens (tertiary/aromatic N) is 6. The molecule has 0 unspecified atom stereocenters. The molecule has 1 saturated heterocycles. The number of pyridine rings is 1. The summed E-state index contributed by atoms with van der Waals surface area (Å²) >= 11 is 0. The Morgan fingerprint density at radius 1 is 1.00 bits per heavy atom. The standard InChI is InChI=1S/C23H27N7O4/c1-33-18-13-17(14-19(15-18)34-2)6-8-25-22-21(30(31)32)23(27-16-26-22)29-11-9-28(10-12-29)20-5-3-4-7-24-20/h3-5,7,13-16H,6,8-12H2,1-2H3,(H,25,26,27). The van der Waals surface area contributed by atoms with Gasteiger partial charge in [0.15, 0.2) is 0 Å². The van der Waals surface area contributed by atoms with Crippen LogP contribution in [0.3, 0.4) is 0 Å². The van der Waals surface area contributed by atoms with Crippen LogP contribution in [0.4, 0.5) is 23.1 Å². The maximum atomic E-state index is 12.0. The average Bonchev–Trinajstić information content (AvgIpc) is 2.88. The molecule has 0 aliphatic carbocycles. The lowest BCUT2D eigenvalue weighted by atomic mass is 10.1. The first-order valence-electron chi connectivity index (χ1n) is 10.9. The topological polar surface area (TPSA) is 119 Å². The van der Waals surface area contributed by atoms with Gasteiger partial charge in [0.1, 0.15) is 23.6 Å². The van der Waals surface area contributed by atoms with Gasteiger partial charge in [-0.05, 0) is 36.2 Å². The molecule has 0 amide bonds. The number of piperazine rings is 1. The van der Waals surface area contributed by atoms with Crippen molar-refractivity contribution in [1.82, 2.24) is 15.0 Å². The van der Waals surface area contributed by atoms with Crippen molar-refractivity contribution < 1.29 is 14.4 Å². The van der Waals surface area contributed by atoms with E-state index in [0.29, 0.717) is 56.5 Å². The van der Waals surface area contributed by atoms with Crippen molar-refractivity contribution in [3.8, 4) is 11.5 Å². The molecule has 4 rings (SSSR count). The number of methoxy groups -OCH3 is 2. The minimum absolute atomic E-state index is 0.114. The first kappa shape index (κ1) is 23.0. The van der Waals surface area contributed by atoms with E-state index < -0.39 is 4.92 Å². The monoisotopic (exact) mass is 465 g/mol. The Labute approximate surface area is 197 Å². The third kappa shape index (κ3) is 5.25. The fourth-order valence-corrected chi connectivity index (χ4v) is 3.92. The quantitative estimate of drug-likeness (QED) is 0.373. The molecule has 2 aromatic heterocycles. The highest BCUT2D eigenvalue weighted by Gasteiger charge is 2.29. The van der Waals surface area contributed by atoms with Crippen molar-refractivity contribution in [2.24, 2.45) is 0 Å². The zero-order valence-electron chi connectivity index (χ0n) is 19.2. The predicted molar refractivity (Wildman–Crippen MR) is 129 cm³/mol. The second-order valence-corrected chi connectivity index (χ2v) is 7.71. The van der Waals surface area contributed by atoms with Crippen LogP contribution in [-0.4, -0.2) is 66.8 Å². The molecular formula is C23H27N7O4. The molecule has 11 heteroatoms. The minimum atomic E-state index is -0.419. The summed E-state index contributed by atoms with van der Waals surface area (Å²) in [5.41, 5.74) is 0.864. The molecule has 3 heterocycles. The summed E-state index contributed by atoms with van der Waals surface area (Å²) in [7, 11) is 3.19. The number of ether oxygens (including phenoxy) is 2. The van der Waals surface area contributed by atoms with Crippen LogP contribution in [0.2, 0.25) is 0 Å². The fourth-order valence-electron chi connectivity index (χ4n) is 3.92. The van der Waals surface area contributed by atoms with Crippen LogP contribution in [0.1, 0.15) is 5.56 Å². The molecule has 0 atom stereocenters. The number of hydrogen-bond donors (Lipinski definition) is 1. The summed E-state index contributed by atoms with van der Waals surface area (Å²) in [5.74, 6) is 2.81. The number of nitrogens with one attached hydrogen (secondary N) is 1. The first-order chi connectivity index (χ1) is 16.6. The van der Waals surface area contributed by atoms with Gasteiger partial charge in [-0.25, -0.2) is 15.0 Å². The number of rotatable bonds is 9. The van der Waals surface area contributed by atoms with E-state index in [1.165, 1.54) is 6.33 Å². The SMILES string of the molecule is COc1cc(CCNc2ncnc(N3CCN(c4ccccn4)CC3)c2[N+](=O)[O-])cc(OC)c1. The van der Waals surface area contributed by atoms with Crippen molar-refractivity contribution >= 4 is 23.1 Å².